The van der Waals surface area contributed by atoms with Crippen LogP contribution in [0.15, 0.2) is 0 Å². The predicted molar refractivity (Wildman–Crippen MR) is 64.8 cm³/mol. The summed E-state index contributed by atoms with van der Waals surface area (Å²) in [6, 6.07) is 1.27. The average Bonchev–Trinajstić information content (AvgIpc) is 2.21. The summed E-state index contributed by atoms with van der Waals surface area (Å²) in [6.45, 7) is 5.49. The highest BCUT2D eigenvalue weighted by Gasteiger charge is 1.92. The molecule has 0 saturated heterocycles. The van der Waals surface area contributed by atoms with Crippen molar-refractivity contribution in [3.05, 3.63) is 0 Å². The van der Waals surface area contributed by atoms with E-state index in [9.17, 15) is 0 Å². The summed E-state index contributed by atoms with van der Waals surface area (Å²) in [5, 5.41) is 0. The third-order valence-corrected chi connectivity index (χ3v) is 3.30. The summed E-state index contributed by atoms with van der Waals surface area (Å²) in [5.41, 5.74) is 0. The van der Waals surface area contributed by atoms with E-state index in [4.69, 9.17) is 4.43 Å². The second-order valence-electron chi connectivity index (χ2n) is 3.86. The molecule has 0 aliphatic carbocycles. The van der Waals surface area contributed by atoms with Gasteiger partial charge in [0.05, 0.1) is 0 Å². The van der Waals surface area contributed by atoms with Crippen LogP contribution < -0.4 is 0 Å². The van der Waals surface area contributed by atoms with Crippen molar-refractivity contribution in [2.24, 2.45) is 0 Å². The molecule has 0 spiro atoms. The van der Waals surface area contributed by atoms with Gasteiger partial charge in [0.1, 0.15) is 0 Å². The molecule has 0 amide bonds. The fourth-order valence-electron chi connectivity index (χ4n) is 1.35. The van der Waals surface area contributed by atoms with Gasteiger partial charge in [-0.3, -0.25) is 0 Å². The average molecular weight is 214 g/mol. The van der Waals surface area contributed by atoms with Gasteiger partial charge in [-0.15, -0.1) is 0 Å². The van der Waals surface area contributed by atoms with E-state index in [1.54, 1.807) is 0 Å². The Balaban J connectivity index is 2.78. The molecule has 0 aliphatic rings. The first-order chi connectivity index (χ1) is 6.91. The van der Waals surface area contributed by atoms with Crippen LogP contribution in [-0.4, -0.2) is 16.4 Å². The van der Waals surface area contributed by atoms with Gasteiger partial charge in [-0.2, -0.15) is 0 Å². The van der Waals surface area contributed by atoms with Gasteiger partial charge >= 0.3 is 0 Å². The normalized spacial score (nSPS) is 10.7. The Hall–Kier alpha value is 0.177. The summed E-state index contributed by atoms with van der Waals surface area (Å²) in [4.78, 5) is 0. The highest BCUT2D eigenvalue weighted by molar-refractivity contribution is 6.26. The van der Waals surface area contributed by atoms with Crippen LogP contribution in [0.3, 0.4) is 0 Å². The minimum atomic E-state index is 0.751. The summed E-state index contributed by atoms with van der Waals surface area (Å²) < 4.78 is 5.57. The molecule has 0 fully saturated rings. The van der Waals surface area contributed by atoms with Gasteiger partial charge in [-0.05, 0) is 12.5 Å². The summed E-state index contributed by atoms with van der Waals surface area (Å²) in [7, 11) is 0.751. The second kappa shape index (κ2) is 13.2. The standard InChI is InChI=1S/C12H26OSi/c1-3-5-7-8-9-10-11-13-14-12-6-4-2/h3-12H2,1-2H3. The molecule has 2 heteroatoms. The maximum atomic E-state index is 5.57. The zero-order chi connectivity index (χ0) is 10.5. The topological polar surface area (TPSA) is 9.23 Å². The van der Waals surface area contributed by atoms with Crippen LogP contribution in [0.4, 0.5) is 0 Å². The Kier molecular flexibility index (Phi) is 13.3. The maximum absolute atomic E-state index is 5.57. The van der Waals surface area contributed by atoms with E-state index >= 15 is 0 Å². The van der Waals surface area contributed by atoms with Crippen molar-refractivity contribution in [1.29, 1.82) is 0 Å². The van der Waals surface area contributed by atoms with Crippen molar-refractivity contribution >= 4 is 9.76 Å². The molecule has 14 heavy (non-hydrogen) atoms. The van der Waals surface area contributed by atoms with Gasteiger partial charge in [0, 0.05) is 6.61 Å². The van der Waals surface area contributed by atoms with Crippen molar-refractivity contribution in [2.75, 3.05) is 6.61 Å². The highest BCUT2D eigenvalue weighted by Crippen LogP contribution is 2.04. The monoisotopic (exact) mass is 214 g/mol. The van der Waals surface area contributed by atoms with Crippen LogP contribution >= 0.6 is 0 Å². The molecule has 0 aromatic rings. The van der Waals surface area contributed by atoms with Crippen LogP contribution in [0.1, 0.15) is 65.2 Å². The molecular formula is C12H26OSi. The SMILES string of the molecule is CCCCCCCCO[Si]CCCC. The first-order valence-electron chi connectivity index (χ1n) is 6.26. The fraction of sp³-hybridized carbons (Fsp3) is 1.00. The number of unbranched alkanes of at least 4 members (excludes halogenated alkanes) is 6. The zero-order valence-corrected chi connectivity index (χ0v) is 11.0. The molecular weight excluding hydrogens is 188 g/mol. The zero-order valence-electron chi connectivity index (χ0n) is 9.98. The number of hydrogen-bond donors (Lipinski definition) is 0. The van der Waals surface area contributed by atoms with Gasteiger partial charge in [0.25, 0.3) is 0 Å². The van der Waals surface area contributed by atoms with Crippen LogP contribution in [0, 0.1) is 0 Å². The predicted octanol–water partition coefficient (Wildman–Crippen LogP) is 4.20. The summed E-state index contributed by atoms with van der Waals surface area (Å²) in [5.74, 6) is 0. The molecule has 0 aromatic heterocycles. The van der Waals surface area contributed by atoms with E-state index in [1.165, 1.54) is 57.4 Å². The van der Waals surface area contributed by atoms with E-state index in [0.717, 1.165) is 16.4 Å². The van der Waals surface area contributed by atoms with E-state index in [-0.39, 0.29) is 0 Å². The van der Waals surface area contributed by atoms with Crippen molar-refractivity contribution in [3.63, 3.8) is 0 Å². The largest absolute Gasteiger partial charge is 0.417 e. The minimum absolute atomic E-state index is 0.751. The smallest absolute Gasteiger partial charge is 0.229 e. The van der Waals surface area contributed by atoms with Crippen LogP contribution in [0.5, 0.6) is 0 Å². The lowest BCUT2D eigenvalue weighted by atomic mass is 10.1. The Morgan fingerprint density at radius 3 is 2.14 bits per heavy atom. The molecule has 0 heterocycles. The van der Waals surface area contributed by atoms with Gasteiger partial charge < -0.3 is 4.43 Å². The van der Waals surface area contributed by atoms with E-state index in [2.05, 4.69) is 13.8 Å². The lowest BCUT2D eigenvalue weighted by Crippen LogP contribution is -2.00. The van der Waals surface area contributed by atoms with E-state index < -0.39 is 0 Å². The molecule has 1 nitrogen and oxygen atoms in total. The Labute approximate surface area is 92.6 Å². The fourth-order valence-corrected chi connectivity index (χ4v) is 2.28. The van der Waals surface area contributed by atoms with Crippen LogP contribution in [-0.2, 0) is 4.43 Å². The molecule has 84 valence electrons. The van der Waals surface area contributed by atoms with Gasteiger partial charge in [-0.1, -0.05) is 58.8 Å². The highest BCUT2D eigenvalue weighted by atomic mass is 28.2. The third-order valence-electron chi connectivity index (χ3n) is 2.33. The van der Waals surface area contributed by atoms with Crippen LogP contribution in [0.2, 0.25) is 6.04 Å². The van der Waals surface area contributed by atoms with Crippen molar-refractivity contribution in [2.45, 2.75) is 71.3 Å². The molecule has 0 atom stereocenters. The Morgan fingerprint density at radius 1 is 0.786 bits per heavy atom. The first kappa shape index (κ1) is 14.2. The minimum Gasteiger partial charge on any atom is -0.417 e. The van der Waals surface area contributed by atoms with Gasteiger partial charge in [0.15, 0.2) is 0 Å². The quantitative estimate of drug-likeness (QED) is 0.370. The molecule has 0 N–H and O–H groups in total. The van der Waals surface area contributed by atoms with Gasteiger partial charge in [-0.25, -0.2) is 0 Å². The van der Waals surface area contributed by atoms with Crippen molar-refractivity contribution in [1.82, 2.24) is 0 Å². The lowest BCUT2D eigenvalue weighted by Gasteiger charge is -2.02. The Bertz CT molecular complexity index is 84.3. The van der Waals surface area contributed by atoms with E-state index in [0.29, 0.717) is 0 Å². The molecule has 0 aliphatic heterocycles. The lowest BCUT2D eigenvalue weighted by molar-refractivity contribution is 0.319. The molecule has 0 bridgehead atoms. The van der Waals surface area contributed by atoms with E-state index in [1.807, 2.05) is 0 Å². The number of rotatable bonds is 11. The molecule has 0 unspecified atom stereocenters. The third kappa shape index (κ3) is 12.2. The first-order valence-corrected chi connectivity index (χ1v) is 7.38. The second-order valence-corrected chi connectivity index (χ2v) is 4.94. The summed E-state index contributed by atoms with van der Waals surface area (Å²) in [6.07, 6.45) is 10.8. The molecule has 0 aromatic carbocycles. The Morgan fingerprint density at radius 2 is 1.43 bits per heavy atom. The van der Waals surface area contributed by atoms with Crippen LogP contribution in [0.25, 0.3) is 0 Å². The molecule has 0 saturated carbocycles. The molecule has 2 radical (unpaired) electrons. The molecule has 0 rings (SSSR count). The number of hydrogen-bond acceptors (Lipinski definition) is 1. The maximum Gasteiger partial charge on any atom is 0.229 e. The summed E-state index contributed by atoms with van der Waals surface area (Å²) >= 11 is 0. The van der Waals surface area contributed by atoms with Crippen molar-refractivity contribution in [3.8, 4) is 0 Å². The van der Waals surface area contributed by atoms with Crippen molar-refractivity contribution < 1.29 is 4.43 Å². The van der Waals surface area contributed by atoms with Gasteiger partial charge in [0.2, 0.25) is 9.76 Å².